The summed E-state index contributed by atoms with van der Waals surface area (Å²) in [7, 11) is -4.00. The molecule has 0 aliphatic heterocycles. The van der Waals surface area contributed by atoms with E-state index in [0.717, 1.165) is 23.3 Å². The molecule has 1 N–H and O–H groups in total. The lowest BCUT2D eigenvalue weighted by molar-refractivity contribution is 0.0211. The van der Waals surface area contributed by atoms with Gasteiger partial charge in [-0.3, -0.25) is 0 Å². The van der Waals surface area contributed by atoms with Gasteiger partial charge in [0.2, 0.25) is 10.0 Å². The summed E-state index contributed by atoms with van der Waals surface area (Å²) >= 11 is 1.33. The number of hydrogen-bond acceptors (Lipinski definition) is 5. The van der Waals surface area contributed by atoms with Gasteiger partial charge in [0, 0.05) is 24.4 Å². The Labute approximate surface area is 181 Å². The highest BCUT2D eigenvalue weighted by atomic mass is 32.2. The quantitative estimate of drug-likeness (QED) is 0.658. The van der Waals surface area contributed by atoms with Crippen molar-refractivity contribution in [3.05, 3.63) is 16.5 Å². The molecule has 1 heterocycles. The maximum atomic E-state index is 13.0. The van der Waals surface area contributed by atoms with E-state index in [9.17, 15) is 13.2 Å². The zero-order valence-corrected chi connectivity index (χ0v) is 21.8. The standard InChI is InChI=1S/C20H36N2O4S2Si/c1-19(2,3)26-18(23)22(7)15-11-10-14-12-17(27-16(14)13-15)28(24,25)21-29(8,9)20(4,5)6/h12,15,21H,10-11,13H2,1-9H3. The van der Waals surface area contributed by atoms with Crippen LogP contribution in [0.2, 0.25) is 18.1 Å². The van der Waals surface area contributed by atoms with Crippen molar-refractivity contribution in [3.63, 3.8) is 0 Å². The molecule has 1 aromatic heterocycles. The topological polar surface area (TPSA) is 75.7 Å². The summed E-state index contributed by atoms with van der Waals surface area (Å²) in [4.78, 5) is 15.1. The first kappa shape index (κ1) is 24.4. The van der Waals surface area contributed by atoms with Crippen LogP contribution in [-0.4, -0.2) is 46.3 Å². The lowest BCUT2D eigenvalue weighted by Crippen LogP contribution is -2.54. The first-order valence-electron chi connectivity index (χ1n) is 10.0. The van der Waals surface area contributed by atoms with Crippen molar-refractivity contribution in [2.75, 3.05) is 7.05 Å². The molecule has 1 aromatic rings. The average molecular weight is 461 g/mol. The van der Waals surface area contributed by atoms with Crippen molar-refractivity contribution in [2.24, 2.45) is 0 Å². The van der Waals surface area contributed by atoms with Crippen molar-refractivity contribution < 1.29 is 17.9 Å². The Kier molecular flexibility index (Phi) is 6.70. The molecular weight excluding hydrogens is 424 g/mol. The normalized spacial score (nSPS) is 18.3. The fourth-order valence-corrected chi connectivity index (χ4v) is 9.69. The van der Waals surface area contributed by atoms with E-state index < -0.39 is 23.9 Å². The number of hydrogen-bond donors (Lipinski definition) is 1. The lowest BCUT2D eigenvalue weighted by atomic mass is 9.94. The van der Waals surface area contributed by atoms with Gasteiger partial charge in [0.25, 0.3) is 0 Å². The Morgan fingerprint density at radius 3 is 2.34 bits per heavy atom. The van der Waals surface area contributed by atoms with Crippen molar-refractivity contribution >= 4 is 35.7 Å². The maximum Gasteiger partial charge on any atom is 0.410 e. The van der Waals surface area contributed by atoms with Crippen LogP contribution in [0.1, 0.15) is 58.4 Å². The molecular formula is C20H36N2O4S2Si. The highest BCUT2D eigenvalue weighted by molar-refractivity contribution is 7.93. The first-order chi connectivity index (χ1) is 12.9. The van der Waals surface area contributed by atoms with Crippen LogP contribution in [0, 0.1) is 0 Å². The minimum absolute atomic E-state index is 0.0138. The van der Waals surface area contributed by atoms with Gasteiger partial charge in [-0.05, 0) is 50.3 Å². The Morgan fingerprint density at radius 2 is 1.83 bits per heavy atom. The molecule has 1 unspecified atom stereocenters. The zero-order valence-electron chi connectivity index (χ0n) is 19.2. The largest absolute Gasteiger partial charge is 0.444 e. The van der Waals surface area contributed by atoms with E-state index in [2.05, 4.69) is 25.2 Å². The molecule has 1 amide bonds. The Bertz CT molecular complexity index is 864. The second-order valence-electron chi connectivity index (χ2n) is 10.5. The number of nitrogens with zero attached hydrogens (tertiary/aromatic N) is 1. The second kappa shape index (κ2) is 7.98. The van der Waals surface area contributed by atoms with Crippen molar-refractivity contribution in [1.29, 1.82) is 0 Å². The molecule has 1 aliphatic carbocycles. The van der Waals surface area contributed by atoms with Gasteiger partial charge in [0.1, 0.15) is 18.0 Å². The highest BCUT2D eigenvalue weighted by Crippen LogP contribution is 2.37. The summed E-state index contributed by atoms with van der Waals surface area (Å²) in [5, 5.41) is -0.0851. The summed E-state index contributed by atoms with van der Waals surface area (Å²) < 4.78 is 35.0. The van der Waals surface area contributed by atoms with Gasteiger partial charge in [-0.1, -0.05) is 33.9 Å². The molecule has 6 nitrogen and oxygen atoms in total. The molecule has 0 saturated carbocycles. The van der Waals surface area contributed by atoms with Gasteiger partial charge in [-0.2, -0.15) is 0 Å². The number of fused-ring (bicyclic) bond motifs is 1. The molecule has 0 radical (unpaired) electrons. The van der Waals surface area contributed by atoms with Crippen molar-refractivity contribution in [1.82, 2.24) is 9.29 Å². The van der Waals surface area contributed by atoms with E-state index in [0.29, 0.717) is 10.6 Å². The zero-order chi connectivity index (χ0) is 22.4. The lowest BCUT2D eigenvalue weighted by Gasteiger charge is -2.36. The molecule has 9 heteroatoms. The third kappa shape index (κ3) is 5.83. The van der Waals surface area contributed by atoms with Crippen LogP contribution in [0.5, 0.6) is 0 Å². The molecule has 166 valence electrons. The Morgan fingerprint density at radius 1 is 1.24 bits per heavy atom. The van der Waals surface area contributed by atoms with Crippen molar-refractivity contribution in [2.45, 2.75) is 94.8 Å². The number of sulfonamides is 1. The molecule has 0 saturated heterocycles. The van der Waals surface area contributed by atoms with Crippen LogP contribution in [0.4, 0.5) is 4.79 Å². The van der Waals surface area contributed by atoms with Crippen molar-refractivity contribution in [3.8, 4) is 0 Å². The van der Waals surface area contributed by atoms with E-state index in [1.165, 1.54) is 11.3 Å². The molecule has 1 atom stereocenters. The summed E-state index contributed by atoms with van der Waals surface area (Å²) in [6, 6.07) is 1.83. The van der Waals surface area contributed by atoms with E-state index in [-0.39, 0.29) is 17.2 Å². The van der Waals surface area contributed by atoms with Crippen LogP contribution in [-0.2, 0) is 27.6 Å². The predicted octanol–water partition coefficient (Wildman–Crippen LogP) is 4.76. The molecule has 1 aliphatic rings. The van der Waals surface area contributed by atoms with Crippen LogP contribution in [0.15, 0.2) is 10.3 Å². The molecule has 2 rings (SSSR count). The van der Waals surface area contributed by atoms with E-state index in [1.54, 1.807) is 11.9 Å². The number of carbonyl (C=O) groups is 1. The maximum absolute atomic E-state index is 13.0. The van der Waals surface area contributed by atoms with Crippen LogP contribution in [0.25, 0.3) is 0 Å². The Balaban J connectivity index is 2.18. The number of ether oxygens (including phenoxy) is 1. The van der Waals surface area contributed by atoms with E-state index in [4.69, 9.17) is 4.74 Å². The third-order valence-corrected chi connectivity index (χ3v) is 15.2. The first-order valence-corrected chi connectivity index (χ1v) is 15.3. The summed E-state index contributed by atoms with van der Waals surface area (Å²) in [5.41, 5.74) is 0.546. The predicted molar refractivity (Wildman–Crippen MR) is 122 cm³/mol. The monoisotopic (exact) mass is 460 g/mol. The van der Waals surface area contributed by atoms with E-state index in [1.807, 2.05) is 39.9 Å². The van der Waals surface area contributed by atoms with Gasteiger partial charge >= 0.3 is 6.09 Å². The molecule has 0 spiro atoms. The highest BCUT2D eigenvalue weighted by Gasteiger charge is 2.40. The van der Waals surface area contributed by atoms with Gasteiger partial charge in [-0.25, -0.2) is 17.6 Å². The van der Waals surface area contributed by atoms with Gasteiger partial charge < -0.3 is 9.64 Å². The Hall–Kier alpha value is -0.903. The number of aryl methyl sites for hydroxylation is 1. The number of rotatable bonds is 4. The number of carbonyl (C=O) groups excluding carboxylic acids is 1. The number of amides is 1. The van der Waals surface area contributed by atoms with Crippen LogP contribution < -0.4 is 4.39 Å². The summed E-state index contributed by atoms with van der Waals surface area (Å²) in [6.45, 7) is 15.9. The van der Waals surface area contributed by atoms with Crippen LogP contribution in [0.3, 0.4) is 0 Å². The SMILES string of the molecule is CN(C(=O)OC(C)(C)C)C1CCc2cc(S(=O)(=O)N[Si](C)(C)C(C)(C)C)sc2C1. The molecule has 29 heavy (non-hydrogen) atoms. The summed E-state index contributed by atoms with van der Waals surface area (Å²) in [6.07, 6.45) is 1.88. The number of nitrogens with one attached hydrogen (secondary N) is 1. The molecule has 0 fully saturated rings. The molecule has 0 bridgehead atoms. The minimum Gasteiger partial charge on any atom is -0.444 e. The fraction of sp³-hybridized carbons (Fsp3) is 0.750. The second-order valence-corrected chi connectivity index (χ2v) is 18.9. The fourth-order valence-electron chi connectivity index (χ4n) is 2.95. The van der Waals surface area contributed by atoms with Crippen LogP contribution >= 0.6 is 11.3 Å². The number of thiophene rings is 1. The third-order valence-electron chi connectivity index (χ3n) is 5.80. The summed E-state index contributed by atoms with van der Waals surface area (Å²) in [5.74, 6) is 0. The average Bonchev–Trinajstić information content (AvgIpc) is 2.94. The van der Waals surface area contributed by atoms with E-state index >= 15 is 0 Å². The van der Waals surface area contributed by atoms with Gasteiger partial charge in [0.15, 0.2) is 0 Å². The molecule has 0 aromatic carbocycles. The minimum atomic E-state index is -3.55. The van der Waals surface area contributed by atoms with Gasteiger partial charge in [-0.15, -0.1) is 11.3 Å². The smallest absolute Gasteiger partial charge is 0.410 e. The van der Waals surface area contributed by atoms with Gasteiger partial charge in [0.05, 0.1) is 0 Å². The number of likely N-dealkylation sites (N-methyl/N-ethyl adjacent to an activating group) is 1.